The van der Waals surface area contributed by atoms with Crippen LogP contribution in [0.1, 0.15) is 31.8 Å². The van der Waals surface area contributed by atoms with Crippen molar-refractivity contribution in [3.63, 3.8) is 0 Å². The molecular weight excluding hydrogens is 544 g/mol. The Morgan fingerprint density at radius 2 is 0.659 bits per heavy atom. The molecule has 44 heavy (non-hydrogen) atoms. The van der Waals surface area contributed by atoms with Crippen LogP contribution in [0.2, 0.25) is 0 Å². The number of phenolic OH excluding ortho intramolecular Hbond substituents is 2. The molecule has 0 amide bonds. The summed E-state index contributed by atoms with van der Waals surface area (Å²) in [4.78, 5) is 26.2. The van der Waals surface area contributed by atoms with Crippen LogP contribution < -0.4 is 0 Å². The molecule has 0 spiro atoms. The van der Waals surface area contributed by atoms with E-state index in [0.29, 0.717) is 11.1 Å². The van der Waals surface area contributed by atoms with Gasteiger partial charge in [0, 0.05) is 11.1 Å². The second-order valence-corrected chi connectivity index (χ2v) is 10.7. The van der Waals surface area contributed by atoms with Gasteiger partial charge in [-0.1, -0.05) is 121 Å². The Bertz CT molecular complexity index is 2000. The molecule has 0 saturated carbocycles. The fraction of sp³-hybridized carbons (Fsp3) is 0. The van der Waals surface area contributed by atoms with Gasteiger partial charge in [0.25, 0.3) is 0 Å². The molecule has 210 valence electrons. The minimum absolute atomic E-state index is 0.0373. The van der Waals surface area contributed by atoms with Gasteiger partial charge in [0.2, 0.25) is 0 Å². The number of phenols is 2. The van der Waals surface area contributed by atoms with Gasteiger partial charge >= 0.3 is 0 Å². The van der Waals surface area contributed by atoms with Crippen molar-refractivity contribution >= 4 is 33.1 Å². The molecule has 2 N–H and O–H groups in total. The smallest absolute Gasteiger partial charge is 0.196 e. The lowest BCUT2D eigenvalue weighted by Gasteiger charge is -2.18. The molecule has 0 aliphatic carbocycles. The molecule has 0 aromatic heterocycles. The maximum atomic E-state index is 13.1. The predicted molar refractivity (Wildman–Crippen MR) is 175 cm³/mol. The van der Waals surface area contributed by atoms with E-state index in [0.717, 1.165) is 43.8 Å². The number of hydrogen-bond acceptors (Lipinski definition) is 4. The Balaban J connectivity index is 1.35. The molecule has 0 atom stereocenters. The highest BCUT2D eigenvalue weighted by molar-refractivity contribution is 6.21. The Morgan fingerprint density at radius 1 is 0.364 bits per heavy atom. The molecule has 4 nitrogen and oxygen atoms in total. The number of hydrogen-bond donors (Lipinski definition) is 2. The molecule has 0 radical (unpaired) electrons. The van der Waals surface area contributed by atoms with Gasteiger partial charge in [-0.3, -0.25) is 9.59 Å². The molecule has 0 fully saturated rings. The molecule has 4 heteroatoms. The third-order valence-corrected chi connectivity index (χ3v) is 8.10. The average Bonchev–Trinajstić information content (AvgIpc) is 3.07. The van der Waals surface area contributed by atoms with Crippen molar-refractivity contribution in [1.82, 2.24) is 0 Å². The molecule has 0 aliphatic rings. The Kier molecular flexibility index (Phi) is 6.72. The minimum atomic E-state index is -0.232. The molecule has 7 aromatic carbocycles. The summed E-state index contributed by atoms with van der Waals surface area (Å²) >= 11 is 0. The summed E-state index contributed by atoms with van der Waals surface area (Å²) in [6.07, 6.45) is 0. The molecule has 0 bridgehead atoms. The van der Waals surface area contributed by atoms with Crippen molar-refractivity contribution in [1.29, 1.82) is 0 Å². The Morgan fingerprint density at radius 3 is 0.977 bits per heavy atom. The van der Waals surface area contributed by atoms with E-state index in [1.54, 1.807) is 36.4 Å². The topological polar surface area (TPSA) is 74.6 Å². The highest BCUT2D eigenvalue weighted by atomic mass is 16.3. The first kappa shape index (κ1) is 26.9. The molecular formula is C40H26O4. The first-order valence-electron chi connectivity index (χ1n) is 14.3. The van der Waals surface area contributed by atoms with Crippen molar-refractivity contribution in [2.75, 3.05) is 0 Å². The fourth-order valence-corrected chi connectivity index (χ4v) is 5.97. The number of carbonyl (C=O) groups excluding carboxylic acids is 2. The van der Waals surface area contributed by atoms with Gasteiger partial charge in [-0.2, -0.15) is 0 Å². The minimum Gasteiger partial charge on any atom is -0.507 e. The van der Waals surface area contributed by atoms with E-state index in [2.05, 4.69) is 24.3 Å². The normalized spacial score (nSPS) is 11.1. The van der Waals surface area contributed by atoms with E-state index < -0.39 is 0 Å². The van der Waals surface area contributed by atoms with Gasteiger partial charge in [-0.15, -0.1) is 0 Å². The number of benzene rings is 7. The number of carbonyl (C=O) groups is 2. The van der Waals surface area contributed by atoms with Crippen LogP contribution in [-0.4, -0.2) is 21.8 Å². The summed E-state index contributed by atoms with van der Waals surface area (Å²) in [5, 5.41) is 24.6. The van der Waals surface area contributed by atoms with E-state index >= 15 is 0 Å². The summed E-state index contributed by atoms with van der Waals surface area (Å²) in [5.41, 5.74) is 5.61. The summed E-state index contributed by atoms with van der Waals surface area (Å²) in [5.74, 6) is -0.539. The molecule has 0 heterocycles. The summed E-state index contributed by atoms with van der Waals surface area (Å²) < 4.78 is 0. The highest BCUT2D eigenvalue weighted by Gasteiger charge is 2.19. The molecule has 0 unspecified atom stereocenters. The highest BCUT2D eigenvalue weighted by Crippen LogP contribution is 2.43. The third kappa shape index (κ3) is 4.59. The molecule has 7 rings (SSSR count). The largest absolute Gasteiger partial charge is 0.507 e. The zero-order valence-electron chi connectivity index (χ0n) is 23.6. The van der Waals surface area contributed by atoms with Crippen LogP contribution in [0.15, 0.2) is 146 Å². The van der Waals surface area contributed by atoms with Gasteiger partial charge in [-0.25, -0.2) is 0 Å². The van der Waals surface area contributed by atoms with Gasteiger partial charge in [-0.05, 0) is 68.1 Å². The molecule has 7 aromatic rings. The molecule has 0 aliphatic heterocycles. The fourth-order valence-electron chi connectivity index (χ4n) is 5.97. The van der Waals surface area contributed by atoms with Gasteiger partial charge < -0.3 is 10.2 Å². The van der Waals surface area contributed by atoms with Crippen molar-refractivity contribution in [2.24, 2.45) is 0 Å². The van der Waals surface area contributed by atoms with E-state index in [9.17, 15) is 19.8 Å². The van der Waals surface area contributed by atoms with Crippen LogP contribution in [0.25, 0.3) is 43.8 Å². The standard InChI is InChI=1S/C40H26O4/c41-35-15-7-5-13-33(35)39(43)27-21-17-25(18-22-27)37-29-9-1-2-10-30(29)38(32-12-4-3-11-31(32)37)26-19-23-28(24-20-26)40(44)34-14-6-8-16-36(34)42/h1-24,41-42H. The zero-order chi connectivity index (χ0) is 30.2. The second kappa shape index (κ2) is 11.0. The van der Waals surface area contributed by atoms with E-state index in [-0.39, 0.29) is 34.2 Å². The van der Waals surface area contributed by atoms with Crippen LogP contribution in [-0.2, 0) is 0 Å². The van der Waals surface area contributed by atoms with Gasteiger partial charge in [0.05, 0.1) is 11.1 Å². The van der Waals surface area contributed by atoms with Crippen LogP contribution >= 0.6 is 0 Å². The van der Waals surface area contributed by atoms with Crippen LogP contribution in [0.4, 0.5) is 0 Å². The van der Waals surface area contributed by atoms with Crippen molar-refractivity contribution in [2.45, 2.75) is 0 Å². The van der Waals surface area contributed by atoms with Gasteiger partial charge in [0.15, 0.2) is 11.6 Å². The third-order valence-electron chi connectivity index (χ3n) is 8.10. The number of para-hydroxylation sites is 2. The van der Waals surface area contributed by atoms with Crippen LogP contribution in [0, 0.1) is 0 Å². The van der Waals surface area contributed by atoms with Crippen LogP contribution in [0.3, 0.4) is 0 Å². The lowest BCUT2D eigenvalue weighted by molar-refractivity contribution is 0.102. The first-order chi connectivity index (χ1) is 21.5. The first-order valence-corrected chi connectivity index (χ1v) is 14.3. The lowest BCUT2D eigenvalue weighted by Crippen LogP contribution is -2.01. The average molecular weight is 571 g/mol. The second-order valence-electron chi connectivity index (χ2n) is 10.7. The summed E-state index contributed by atoms with van der Waals surface area (Å²) in [7, 11) is 0. The zero-order valence-corrected chi connectivity index (χ0v) is 23.6. The monoisotopic (exact) mass is 570 g/mol. The van der Waals surface area contributed by atoms with Gasteiger partial charge in [0.1, 0.15) is 11.5 Å². The van der Waals surface area contributed by atoms with E-state index in [1.165, 1.54) is 12.1 Å². The van der Waals surface area contributed by atoms with E-state index in [1.807, 2.05) is 72.8 Å². The van der Waals surface area contributed by atoms with Crippen molar-refractivity contribution in [3.8, 4) is 33.8 Å². The molecule has 0 saturated heterocycles. The number of ketones is 2. The Labute approximate surface area is 254 Å². The maximum Gasteiger partial charge on any atom is 0.196 e. The number of aromatic hydroxyl groups is 2. The summed E-state index contributed by atoms with van der Waals surface area (Å²) in [6.45, 7) is 0. The van der Waals surface area contributed by atoms with Crippen molar-refractivity contribution < 1.29 is 19.8 Å². The number of fused-ring (bicyclic) bond motifs is 2. The lowest BCUT2D eigenvalue weighted by atomic mass is 9.85. The summed E-state index contributed by atoms with van der Waals surface area (Å²) in [6, 6.07) is 44.7. The van der Waals surface area contributed by atoms with E-state index in [4.69, 9.17) is 0 Å². The Hall–Kier alpha value is -6.00. The van der Waals surface area contributed by atoms with Crippen molar-refractivity contribution in [3.05, 3.63) is 168 Å². The number of rotatable bonds is 6. The SMILES string of the molecule is O=C(c1ccc(-c2c3ccccc3c(-c3ccc(C(=O)c4ccccc4O)cc3)c3ccccc23)cc1)c1ccccc1O. The maximum absolute atomic E-state index is 13.1. The quantitative estimate of drug-likeness (QED) is 0.154. The van der Waals surface area contributed by atoms with Crippen LogP contribution in [0.5, 0.6) is 11.5 Å². The predicted octanol–water partition coefficient (Wildman–Crippen LogP) is 9.20.